The molecule has 0 fully saturated rings. The van der Waals surface area contributed by atoms with E-state index >= 15 is 0 Å². The smallest absolute Gasteiger partial charge is 0.305 e. The van der Waals surface area contributed by atoms with Gasteiger partial charge in [-0.1, -0.05) is 334 Å². The summed E-state index contributed by atoms with van der Waals surface area (Å²) in [6.45, 7) is 4.92. The summed E-state index contributed by atoms with van der Waals surface area (Å²) in [5.74, 6) is -0.0670. The molecule has 0 heterocycles. The van der Waals surface area contributed by atoms with Crippen molar-refractivity contribution in [2.24, 2.45) is 0 Å². The predicted molar refractivity (Wildman–Crippen MR) is 329 cm³/mol. The molecule has 3 N–H and O–H groups in total. The second kappa shape index (κ2) is 64.9. The first-order valence-electron chi connectivity index (χ1n) is 34.1. The molecule has 0 aromatic carbocycles. The molecular formula is C69H133NO5. The third-order valence-electron chi connectivity index (χ3n) is 16.0. The Morgan fingerprint density at radius 2 is 0.627 bits per heavy atom. The molecule has 0 aliphatic rings. The van der Waals surface area contributed by atoms with E-state index in [2.05, 4.69) is 31.3 Å². The number of nitrogens with one attached hydrogen (secondary N) is 1. The molecule has 6 heteroatoms. The number of hydrogen-bond donors (Lipinski definition) is 3. The van der Waals surface area contributed by atoms with E-state index in [4.69, 9.17) is 4.74 Å². The number of rotatable bonds is 64. The van der Waals surface area contributed by atoms with Crippen molar-refractivity contribution < 1.29 is 24.5 Å². The van der Waals surface area contributed by atoms with Crippen molar-refractivity contribution in [3.63, 3.8) is 0 Å². The van der Waals surface area contributed by atoms with E-state index in [9.17, 15) is 19.8 Å². The van der Waals surface area contributed by atoms with Crippen molar-refractivity contribution in [1.29, 1.82) is 0 Å². The van der Waals surface area contributed by atoms with Crippen molar-refractivity contribution in [1.82, 2.24) is 5.32 Å². The van der Waals surface area contributed by atoms with Crippen LogP contribution in [-0.2, 0) is 14.3 Å². The number of aliphatic hydroxyl groups is 2. The molecule has 0 rings (SSSR count). The van der Waals surface area contributed by atoms with Crippen LogP contribution < -0.4 is 5.32 Å². The van der Waals surface area contributed by atoms with Gasteiger partial charge in [0.1, 0.15) is 0 Å². The van der Waals surface area contributed by atoms with Crippen LogP contribution in [0.4, 0.5) is 0 Å². The van der Waals surface area contributed by atoms with Gasteiger partial charge in [0.25, 0.3) is 0 Å². The van der Waals surface area contributed by atoms with Crippen LogP contribution in [0.3, 0.4) is 0 Å². The highest BCUT2D eigenvalue weighted by Gasteiger charge is 2.18. The molecule has 0 saturated carbocycles. The SMILES string of the molecule is CCCCCCCC/C=C\CCCCCCCCCC(=O)OCCCCCCCCCCCCCCCCCCCC(=O)NC(CO)C(O)/C=C/CCCCCCCCCCCCCCCCCCCCCCCC. The van der Waals surface area contributed by atoms with Crippen LogP contribution in [0.15, 0.2) is 24.3 Å². The Labute approximate surface area is 469 Å². The number of aliphatic hydroxyl groups excluding tert-OH is 2. The van der Waals surface area contributed by atoms with Crippen LogP contribution in [0.25, 0.3) is 0 Å². The van der Waals surface area contributed by atoms with Gasteiger partial charge in [-0.2, -0.15) is 0 Å². The summed E-state index contributed by atoms with van der Waals surface area (Å²) in [5, 5.41) is 23.3. The number of carbonyl (C=O) groups excluding carboxylic acids is 2. The van der Waals surface area contributed by atoms with E-state index in [1.807, 2.05) is 6.08 Å². The summed E-state index contributed by atoms with van der Waals surface area (Å²) in [5.41, 5.74) is 0. The zero-order valence-electron chi connectivity index (χ0n) is 50.8. The zero-order chi connectivity index (χ0) is 54.3. The number of hydrogen-bond acceptors (Lipinski definition) is 5. The second-order valence-corrected chi connectivity index (χ2v) is 23.5. The summed E-state index contributed by atoms with van der Waals surface area (Å²) in [6, 6.07) is -0.633. The van der Waals surface area contributed by atoms with E-state index < -0.39 is 12.1 Å². The Morgan fingerprint density at radius 3 is 0.947 bits per heavy atom. The fourth-order valence-corrected chi connectivity index (χ4v) is 10.7. The third kappa shape index (κ3) is 61.4. The van der Waals surface area contributed by atoms with Crippen molar-refractivity contribution in [2.45, 2.75) is 392 Å². The van der Waals surface area contributed by atoms with Gasteiger partial charge in [-0.05, 0) is 57.8 Å². The molecule has 0 bridgehead atoms. The van der Waals surface area contributed by atoms with Gasteiger partial charge in [0.15, 0.2) is 0 Å². The monoisotopic (exact) mass is 1060 g/mol. The quantitative estimate of drug-likeness (QED) is 0.0320. The topological polar surface area (TPSA) is 95.9 Å². The lowest BCUT2D eigenvalue weighted by Gasteiger charge is -2.20. The molecular weight excluding hydrogens is 923 g/mol. The lowest BCUT2D eigenvalue weighted by molar-refractivity contribution is -0.143. The Hall–Kier alpha value is -1.66. The largest absolute Gasteiger partial charge is 0.466 e. The van der Waals surface area contributed by atoms with Gasteiger partial charge in [-0.15, -0.1) is 0 Å². The number of allylic oxidation sites excluding steroid dienone is 3. The number of esters is 1. The van der Waals surface area contributed by atoms with Crippen molar-refractivity contribution in [3.05, 3.63) is 24.3 Å². The van der Waals surface area contributed by atoms with Gasteiger partial charge in [-0.25, -0.2) is 0 Å². The minimum Gasteiger partial charge on any atom is -0.466 e. The first kappa shape index (κ1) is 73.3. The molecule has 2 atom stereocenters. The van der Waals surface area contributed by atoms with Gasteiger partial charge < -0.3 is 20.3 Å². The van der Waals surface area contributed by atoms with Gasteiger partial charge in [0.05, 0.1) is 25.4 Å². The van der Waals surface area contributed by atoms with Crippen LogP contribution in [0.2, 0.25) is 0 Å². The maximum absolute atomic E-state index is 12.5. The molecule has 0 saturated heterocycles. The highest BCUT2D eigenvalue weighted by atomic mass is 16.5. The average molecular weight is 1060 g/mol. The van der Waals surface area contributed by atoms with Gasteiger partial charge in [0.2, 0.25) is 5.91 Å². The van der Waals surface area contributed by atoms with E-state index in [1.54, 1.807) is 6.08 Å². The standard InChI is InChI=1S/C69H133NO5/c1-3-5-7-9-11-13-15-17-19-21-22-23-24-25-26-27-30-33-37-41-45-49-53-57-61-67(72)66(65-71)70-68(73)62-58-54-50-46-42-38-34-31-28-32-36-40-44-48-52-56-60-64-75-69(74)63-59-55-51-47-43-39-35-29-20-18-16-14-12-10-8-6-4-2/h18,20,57,61,66-67,71-72H,3-17,19,21-56,58-60,62-65H2,1-2H3,(H,70,73)/b20-18-,61-57+. The molecule has 0 spiro atoms. The van der Waals surface area contributed by atoms with Crippen molar-refractivity contribution >= 4 is 11.9 Å². The summed E-state index contributed by atoms with van der Waals surface area (Å²) in [7, 11) is 0. The highest BCUT2D eigenvalue weighted by Crippen LogP contribution is 2.18. The normalized spacial score (nSPS) is 12.6. The summed E-state index contributed by atoms with van der Waals surface area (Å²) >= 11 is 0. The summed E-state index contributed by atoms with van der Waals surface area (Å²) in [4.78, 5) is 24.6. The molecule has 0 aliphatic heterocycles. The van der Waals surface area contributed by atoms with E-state index in [0.717, 1.165) is 44.9 Å². The zero-order valence-corrected chi connectivity index (χ0v) is 50.8. The van der Waals surface area contributed by atoms with Crippen molar-refractivity contribution in [2.75, 3.05) is 13.2 Å². The van der Waals surface area contributed by atoms with Crippen LogP contribution in [0.5, 0.6) is 0 Å². The number of ether oxygens (including phenoxy) is 1. The minimum atomic E-state index is -0.850. The summed E-state index contributed by atoms with van der Waals surface area (Å²) < 4.78 is 5.49. The van der Waals surface area contributed by atoms with Crippen LogP contribution in [-0.4, -0.2) is 47.4 Å². The molecule has 0 aromatic rings. The maximum atomic E-state index is 12.5. The lowest BCUT2D eigenvalue weighted by Crippen LogP contribution is -2.45. The molecule has 0 radical (unpaired) electrons. The fraction of sp³-hybridized carbons (Fsp3) is 0.913. The first-order valence-corrected chi connectivity index (χ1v) is 34.1. The van der Waals surface area contributed by atoms with Gasteiger partial charge in [0, 0.05) is 12.8 Å². The van der Waals surface area contributed by atoms with Crippen LogP contribution in [0.1, 0.15) is 380 Å². The Kier molecular flexibility index (Phi) is 63.4. The van der Waals surface area contributed by atoms with Gasteiger partial charge >= 0.3 is 5.97 Å². The molecule has 2 unspecified atom stereocenters. The fourth-order valence-electron chi connectivity index (χ4n) is 10.7. The van der Waals surface area contributed by atoms with Gasteiger partial charge in [-0.3, -0.25) is 9.59 Å². The van der Waals surface area contributed by atoms with E-state index in [0.29, 0.717) is 19.4 Å². The predicted octanol–water partition coefficient (Wildman–Crippen LogP) is 21.8. The molecule has 0 aromatic heterocycles. The van der Waals surface area contributed by atoms with E-state index in [1.165, 1.54) is 308 Å². The summed E-state index contributed by atoms with van der Waals surface area (Å²) in [6.07, 6.45) is 80.9. The molecule has 6 nitrogen and oxygen atoms in total. The number of amides is 1. The first-order chi connectivity index (χ1) is 37.0. The second-order valence-electron chi connectivity index (χ2n) is 23.5. The minimum absolute atomic E-state index is 0.00216. The third-order valence-corrected chi connectivity index (χ3v) is 16.0. The highest BCUT2D eigenvalue weighted by molar-refractivity contribution is 5.76. The lowest BCUT2D eigenvalue weighted by atomic mass is 10.0. The maximum Gasteiger partial charge on any atom is 0.305 e. The molecule has 444 valence electrons. The molecule has 0 aliphatic carbocycles. The van der Waals surface area contributed by atoms with Crippen LogP contribution >= 0.6 is 0 Å². The molecule has 1 amide bonds. The Morgan fingerprint density at radius 1 is 0.360 bits per heavy atom. The number of carbonyl (C=O) groups is 2. The average Bonchev–Trinajstić information content (AvgIpc) is 3.41. The number of unbranched alkanes of at least 4 members (excludes halogenated alkanes) is 51. The Bertz CT molecular complexity index is 1170. The van der Waals surface area contributed by atoms with Crippen LogP contribution in [0, 0.1) is 0 Å². The molecule has 75 heavy (non-hydrogen) atoms. The van der Waals surface area contributed by atoms with Crippen molar-refractivity contribution in [3.8, 4) is 0 Å². The van der Waals surface area contributed by atoms with E-state index in [-0.39, 0.29) is 18.5 Å². The Balaban J connectivity index is 3.43.